The second kappa shape index (κ2) is 13.6. The van der Waals surface area contributed by atoms with Crippen LogP contribution in [0.25, 0.3) is 0 Å². The molecule has 0 radical (unpaired) electrons. The van der Waals surface area contributed by atoms with Crippen LogP contribution in [0.15, 0.2) is 34.9 Å². The molecule has 9 heteroatoms. The molecule has 2 heterocycles. The number of Topliss-reactive ketones (excluding diaryl/α,β-unsaturated/α-hetero) is 3. The van der Waals surface area contributed by atoms with Crippen molar-refractivity contribution < 1.29 is 33.2 Å². The Morgan fingerprint density at radius 1 is 1.12 bits per heavy atom. The fourth-order valence-corrected chi connectivity index (χ4v) is 5.76. The Morgan fingerprint density at radius 2 is 1.80 bits per heavy atom. The third-order valence-corrected chi connectivity index (χ3v) is 8.34. The summed E-state index contributed by atoms with van der Waals surface area (Å²) in [7, 11) is 1.58. The average Bonchev–Trinajstić information content (AvgIpc) is 3.28. The van der Waals surface area contributed by atoms with E-state index in [0.29, 0.717) is 36.1 Å². The zero-order valence-electron chi connectivity index (χ0n) is 24.6. The monoisotopic (exact) mass is 566 g/mol. The summed E-state index contributed by atoms with van der Waals surface area (Å²) in [5.41, 5.74) is 0.727. The van der Waals surface area contributed by atoms with E-state index in [-0.39, 0.29) is 48.9 Å². The van der Waals surface area contributed by atoms with Crippen LogP contribution in [-0.4, -0.2) is 53.8 Å². The van der Waals surface area contributed by atoms with E-state index in [2.05, 4.69) is 10.5 Å². The molecular weight excluding hydrogens is 524 g/mol. The van der Waals surface area contributed by atoms with Crippen LogP contribution in [-0.2, 0) is 36.8 Å². The van der Waals surface area contributed by atoms with Crippen LogP contribution in [0.4, 0.5) is 0 Å². The standard InChI is InChI=1S/C32H42N2O7/c1-20(13-25(35)18-27-14-21(2)34-41-27)31(38)33-28(16-23-9-11-26(39-4)12-10-23)29(36)17-24(15-22-7-5-6-8-22)30(37)32(3)19-40-32/h9-12,14,20,22,24,28H,5-8,13,15-19H2,1-4H3,(H,33,38)/t20-,24-,28+,32-/m1/s1. The molecule has 1 aromatic carbocycles. The molecule has 4 rings (SSSR count). The maximum absolute atomic E-state index is 13.8. The SMILES string of the molecule is COc1ccc(C[C@H](NC(=O)[C@H](C)CC(=O)Cc2cc(C)no2)C(=O)C[C@@H](CC2CCCC2)C(=O)[C@@]2(C)CO2)cc1. The second-order valence-electron chi connectivity index (χ2n) is 12.0. The highest BCUT2D eigenvalue weighted by molar-refractivity contribution is 5.97. The number of methoxy groups -OCH3 is 1. The van der Waals surface area contributed by atoms with Crippen molar-refractivity contribution in [3.63, 3.8) is 0 Å². The Morgan fingerprint density at radius 3 is 2.39 bits per heavy atom. The fraction of sp³-hybridized carbons (Fsp3) is 0.594. The average molecular weight is 567 g/mol. The molecule has 4 atom stereocenters. The first kappa shape index (κ1) is 30.6. The van der Waals surface area contributed by atoms with Crippen LogP contribution in [0.3, 0.4) is 0 Å². The molecule has 1 saturated heterocycles. The minimum atomic E-state index is -0.836. The van der Waals surface area contributed by atoms with E-state index in [1.165, 1.54) is 0 Å². The Kier molecular flexibility index (Phi) is 10.1. The molecule has 41 heavy (non-hydrogen) atoms. The van der Waals surface area contributed by atoms with E-state index in [4.69, 9.17) is 14.0 Å². The molecule has 1 N–H and O–H groups in total. The van der Waals surface area contributed by atoms with Crippen LogP contribution in [0.2, 0.25) is 0 Å². The van der Waals surface area contributed by atoms with Crippen LogP contribution < -0.4 is 10.1 Å². The number of nitrogens with zero attached hydrogens (tertiary/aromatic N) is 1. The van der Waals surface area contributed by atoms with Gasteiger partial charge in [0.15, 0.2) is 11.6 Å². The number of rotatable bonds is 16. The molecule has 2 fully saturated rings. The van der Waals surface area contributed by atoms with Gasteiger partial charge >= 0.3 is 0 Å². The van der Waals surface area contributed by atoms with Gasteiger partial charge in [0.2, 0.25) is 5.91 Å². The van der Waals surface area contributed by atoms with E-state index in [1.807, 2.05) is 24.3 Å². The van der Waals surface area contributed by atoms with Crippen molar-refractivity contribution in [2.24, 2.45) is 17.8 Å². The number of benzene rings is 1. The van der Waals surface area contributed by atoms with E-state index in [9.17, 15) is 19.2 Å². The summed E-state index contributed by atoms with van der Waals surface area (Å²) in [6, 6.07) is 8.20. The van der Waals surface area contributed by atoms with Crippen molar-refractivity contribution in [1.82, 2.24) is 10.5 Å². The van der Waals surface area contributed by atoms with Gasteiger partial charge in [-0.05, 0) is 50.3 Å². The third-order valence-electron chi connectivity index (χ3n) is 8.34. The molecule has 1 saturated carbocycles. The highest BCUT2D eigenvalue weighted by Gasteiger charge is 2.50. The van der Waals surface area contributed by atoms with Gasteiger partial charge in [-0.3, -0.25) is 19.2 Å². The van der Waals surface area contributed by atoms with Crippen LogP contribution in [0, 0.1) is 24.7 Å². The van der Waals surface area contributed by atoms with Gasteiger partial charge in [-0.15, -0.1) is 0 Å². The van der Waals surface area contributed by atoms with Crippen LogP contribution >= 0.6 is 0 Å². The van der Waals surface area contributed by atoms with Gasteiger partial charge < -0.3 is 19.3 Å². The second-order valence-corrected chi connectivity index (χ2v) is 12.0. The van der Waals surface area contributed by atoms with E-state index in [0.717, 1.165) is 31.2 Å². The minimum Gasteiger partial charge on any atom is -0.497 e. The Balaban J connectivity index is 1.45. The molecule has 1 amide bonds. The number of aromatic nitrogens is 1. The number of carbonyl (C=O) groups is 4. The van der Waals surface area contributed by atoms with Crippen molar-refractivity contribution in [2.45, 2.75) is 90.2 Å². The highest BCUT2D eigenvalue weighted by Crippen LogP contribution is 2.37. The van der Waals surface area contributed by atoms with E-state index >= 15 is 0 Å². The molecule has 2 aromatic rings. The number of ether oxygens (including phenoxy) is 2. The first-order chi connectivity index (χ1) is 19.6. The maximum Gasteiger partial charge on any atom is 0.223 e. The zero-order valence-corrected chi connectivity index (χ0v) is 24.6. The molecule has 2 aliphatic rings. The quantitative estimate of drug-likeness (QED) is 0.297. The van der Waals surface area contributed by atoms with Gasteiger partial charge in [0.05, 0.1) is 31.9 Å². The molecule has 0 unspecified atom stereocenters. The van der Waals surface area contributed by atoms with Gasteiger partial charge in [0, 0.05) is 30.7 Å². The topological polar surface area (TPSA) is 128 Å². The first-order valence-corrected chi connectivity index (χ1v) is 14.6. The summed E-state index contributed by atoms with van der Waals surface area (Å²) in [6.45, 7) is 5.62. The molecule has 222 valence electrons. The lowest BCUT2D eigenvalue weighted by molar-refractivity contribution is -0.134. The van der Waals surface area contributed by atoms with Gasteiger partial charge in [-0.1, -0.05) is 49.9 Å². The summed E-state index contributed by atoms with van der Waals surface area (Å²) in [4.78, 5) is 53.0. The Hall–Kier alpha value is -3.33. The molecule has 1 aliphatic carbocycles. The number of hydrogen-bond acceptors (Lipinski definition) is 8. The van der Waals surface area contributed by atoms with Crippen molar-refractivity contribution >= 4 is 23.3 Å². The number of epoxide rings is 1. The molecular formula is C32H42N2O7. The van der Waals surface area contributed by atoms with E-state index in [1.54, 1.807) is 33.9 Å². The number of nitrogens with one attached hydrogen (secondary N) is 1. The van der Waals surface area contributed by atoms with E-state index < -0.39 is 23.5 Å². The lowest BCUT2D eigenvalue weighted by atomic mass is 9.81. The molecule has 0 bridgehead atoms. The van der Waals surface area contributed by atoms with Gasteiger partial charge in [-0.2, -0.15) is 0 Å². The van der Waals surface area contributed by atoms with Crippen molar-refractivity contribution in [3.8, 4) is 5.75 Å². The van der Waals surface area contributed by atoms with Crippen LogP contribution in [0.5, 0.6) is 5.75 Å². The summed E-state index contributed by atoms with van der Waals surface area (Å²) < 4.78 is 15.8. The molecule has 0 spiro atoms. The van der Waals surface area contributed by atoms with Crippen molar-refractivity contribution in [3.05, 3.63) is 47.3 Å². The number of aryl methyl sites for hydroxylation is 1. The summed E-state index contributed by atoms with van der Waals surface area (Å²) in [6.07, 6.45) is 5.48. The number of ketones is 3. The fourth-order valence-electron chi connectivity index (χ4n) is 5.76. The predicted molar refractivity (Wildman–Crippen MR) is 151 cm³/mol. The summed E-state index contributed by atoms with van der Waals surface area (Å²) in [5, 5.41) is 6.71. The molecule has 1 aromatic heterocycles. The smallest absolute Gasteiger partial charge is 0.223 e. The van der Waals surface area contributed by atoms with Crippen molar-refractivity contribution in [2.75, 3.05) is 13.7 Å². The largest absolute Gasteiger partial charge is 0.497 e. The van der Waals surface area contributed by atoms with Gasteiger partial charge in [0.1, 0.15) is 22.9 Å². The Labute approximate surface area is 241 Å². The normalized spacial score (nSPS) is 20.7. The number of amides is 1. The third kappa shape index (κ3) is 8.58. The zero-order chi connectivity index (χ0) is 29.6. The van der Waals surface area contributed by atoms with Crippen LogP contribution in [0.1, 0.15) is 75.8 Å². The Bertz CT molecular complexity index is 1220. The highest BCUT2D eigenvalue weighted by atomic mass is 16.6. The minimum absolute atomic E-state index is 0.00745. The molecule has 1 aliphatic heterocycles. The van der Waals surface area contributed by atoms with Gasteiger partial charge in [-0.25, -0.2) is 0 Å². The molecule has 9 nitrogen and oxygen atoms in total. The lowest BCUT2D eigenvalue weighted by Crippen LogP contribution is -2.46. The number of carbonyl (C=O) groups excluding carboxylic acids is 4. The first-order valence-electron chi connectivity index (χ1n) is 14.6. The number of hydrogen-bond donors (Lipinski definition) is 1. The lowest BCUT2D eigenvalue weighted by Gasteiger charge is -2.25. The van der Waals surface area contributed by atoms with Crippen molar-refractivity contribution in [1.29, 1.82) is 0 Å². The summed E-state index contributed by atoms with van der Waals surface area (Å²) >= 11 is 0. The maximum atomic E-state index is 13.8. The summed E-state index contributed by atoms with van der Waals surface area (Å²) in [5.74, 6) is -0.261. The van der Waals surface area contributed by atoms with Gasteiger partial charge in [0.25, 0.3) is 0 Å². The predicted octanol–water partition coefficient (Wildman–Crippen LogP) is 4.37.